The van der Waals surface area contributed by atoms with E-state index < -0.39 is 6.29 Å². The zero-order valence-electron chi connectivity index (χ0n) is 18.6. The van der Waals surface area contributed by atoms with E-state index in [1.54, 1.807) is 6.92 Å². The minimum Gasteiger partial charge on any atom is -0.457 e. The van der Waals surface area contributed by atoms with Crippen molar-refractivity contribution in [3.8, 4) is 22.6 Å². The van der Waals surface area contributed by atoms with Gasteiger partial charge in [-0.3, -0.25) is 9.32 Å². The predicted molar refractivity (Wildman–Crippen MR) is 121 cm³/mol. The molecule has 3 rings (SSSR count). The van der Waals surface area contributed by atoms with Crippen molar-refractivity contribution >= 4 is 20.8 Å². The second-order valence-electron chi connectivity index (χ2n) is 7.48. The molecule has 0 spiro atoms. The first-order chi connectivity index (χ1) is 14.4. The van der Waals surface area contributed by atoms with Gasteiger partial charge in [-0.05, 0) is 44.4 Å². The molecule has 0 aromatic heterocycles. The van der Waals surface area contributed by atoms with Gasteiger partial charge in [-0.1, -0.05) is 50.1 Å². The first-order valence-corrected chi connectivity index (χ1v) is 11.1. The van der Waals surface area contributed by atoms with Crippen LogP contribution >= 0.6 is 9.03 Å². The standard InChI is InChI=1S/C24H29O5P.Pr/c1-6-7-8-9-19-13-22-24(21-12-15(2)10-11-20(21)16(3)26-22)23(14-19)29-30-28-18(5)27-17(4)25;/h10-14,18,30H,3,6-9H2,1-2,4-5H3;. The summed E-state index contributed by atoms with van der Waals surface area (Å²) in [7, 11) is -0.317. The molecular formula is C24H29O5PPr. The summed E-state index contributed by atoms with van der Waals surface area (Å²) in [5, 5.41) is 0. The summed E-state index contributed by atoms with van der Waals surface area (Å²) in [5.74, 6) is 1.70. The van der Waals surface area contributed by atoms with E-state index >= 15 is 0 Å². The number of carbonyl (C=O) groups is 1. The molecule has 31 heavy (non-hydrogen) atoms. The van der Waals surface area contributed by atoms with Crippen LogP contribution in [-0.2, 0) is 20.5 Å². The Morgan fingerprint density at radius 2 is 1.97 bits per heavy atom. The Morgan fingerprint density at radius 3 is 2.68 bits per heavy atom. The zero-order valence-corrected chi connectivity index (χ0v) is 23.3. The minimum absolute atomic E-state index is 0. The largest absolute Gasteiger partial charge is 0.457 e. The number of esters is 1. The van der Waals surface area contributed by atoms with Gasteiger partial charge in [0.05, 0.1) is 5.56 Å². The van der Waals surface area contributed by atoms with Crippen LogP contribution in [0.2, 0.25) is 0 Å². The summed E-state index contributed by atoms with van der Waals surface area (Å²) < 4.78 is 22.7. The molecule has 7 heteroatoms. The van der Waals surface area contributed by atoms with Crippen LogP contribution in [0.25, 0.3) is 16.9 Å². The number of fused-ring (bicyclic) bond motifs is 3. The molecule has 0 aliphatic carbocycles. The maximum atomic E-state index is 11.1. The SMILES string of the molecule is C=C1Oc2cc(CCCCC)cc(OPOC(C)OC(C)=O)c2-c2cc(C)ccc21.[Pr]. The Hall–Kier alpha value is -0.996. The smallest absolute Gasteiger partial charge is 0.304 e. The van der Waals surface area contributed by atoms with E-state index in [4.69, 9.17) is 18.5 Å². The number of carbonyl (C=O) groups excluding carboxylic acids is 1. The van der Waals surface area contributed by atoms with E-state index in [1.807, 2.05) is 12.1 Å². The Kier molecular flexibility index (Phi) is 10.4. The molecule has 2 aromatic carbocycles. The number of ether oxygens (including phenoxy) is 2. The molecule has 2 atom stereocenters. The average molecular weight is 569 g/mol. The van der Waals surface area contributed by atoms with Crippen molar-refractivity contribution in [1.29, 1.82) is 0 Å². The number of unbranched alkanes of at least 4 members (excludes halogenated alkanes) is 2. The number of hydrogen-bond acceptors (Lipinski definition) is 5. The first kappa shape index (κ1) is 26.3. The summed E-state index contributed by atoms with van der Waals surface area (Å²) >= 11 is 0. The van der Waals surface area contributed by atoms with Crippen molar-refractivity contribution in [2.75, 3.05) is 0 Å². The van der Waals surface area contributed by atoms with E-state index in [1.165, 1.54) is 13.3 Å². The van der Waals surface area contributed by atoms with Crippen molar-refractivity contribution in [3.63, 3.8) is 0 Å². The van der Waals surface area contributed by atoms with Gasteiger partial charge in [-0.2, -0.15) is 0 Å². The van der Waals surface area contributed by atoms with Crippen molar-refractivity contribution in [3.05, 3.63) is 53.6 Å². The summed E-state index contributed by atoms with van der Waals surface area (Å²) in [6.07, 6.45) is 3.72. The summed E-state index contributed by atoms with van der Waals surface area (Å²) in [4.78, 5) is 11.1. The van der Waals surface area contributed by atoms with Crippen LogP contribution in [0, 0.1) is 48.2 Å². The molecule has 1 radical (unpaired) electrons. The average Bonchev–Trinajstić information content (AvgIpc) is 2.67. The second kappa shape index (κ2) is 12.3. The fourth-order valence-corrected chi connectivity index (χ4v) is 3.97. The van der Waals surface area contributed by atoms with Crippen LogP contribution in [-0.4, -0.2) is 12.3 Å². The van der Waals surface area contributed by atoms with Gasteiger partial charge in [0.1, 0.15) is 17.3 Å². The van der Waals surface area contributed by atoms with Crippen LogP contribution in [0.5, 0.6) is 11.5 Å². The summed E-state index contributed by atoms with van der Waals surface area (Å²) in [6.45, 7) is 11.4. The number of hydrogen-bond donors (Lipinski definition) is 0. The summed E-state index contributed by atoms with van der Waals surface area (Å²) in [6, 6.07) is 10.3. The maximum Gasteiger partial charge on any atom is 0.304 e. The van der Waals surface area contributed by atoms with Crippen LogP contribution < -0.4 is 9.26 Å². The second-order valence-corrected chi connectivity index (χ2v) is 8.09. The Balaban J connectivity index is 0.00000341. The Bertz CT molecular complexity index is 944. The Morgan fingerprint density at radius 1 is 1.19 bits per heavy atom. The normalized spacial score (nSPS) is 13.1. The van der Waals surface area contributed by atoms with Crippen molar-refractivity contribution < 1.29 is 64.6 Å². The van der Waals surface area contributed by atoms with Gasteiger partial charge in [0.2, 0.25) is 15.3 Å². The molecule has 5 nitrogen and oxygen atoms in total. The van der Waals surface area contributed by atoms with Crippen molar-refractivity contribution in [2.24, 2.45) is 0 Å². The predicted octanol–water partition coefficient (Wildman–Crippen LogP) is 6.57. The fourth-order valence-electron chi connectivity index (χ4n) is 3.48. The number of aryl methyl sites for hydroxylation is 2. The van der Waals surface area contributed by atoms with Crippen LogP contribution in [0.4, 0.5) is 0 Å². The molecule has 0 amide bonds. The molecule has 1 aliphatic heterocycles. The monoisotopic (exact) mass is 569 g/mol. The van der Waals surface area contributed by atoms with Gasteiger partial charge >= 0.3 is 5.97 Å². The molecule has 2 aromatic rings. The quantitative estimate of drug-likeness (QED) is 0.148. The van der Waals surface area contributed by atoms with Crippen molar-refractivity contribution in [1.82, 2.24) is 0 Å². The molecular weight excluding hydrogens is 540 g/mol. The maximum absolute atomic E-state index is 11.1. The van der Waals surface area contributed by atoms with E-state index in [9.17, 15) is 4.79 Å². The minimum atomic E-state index is -0.671. The molecule has 0 saturated heterocycles. The molecule has 2 unspecified atom stereocenters. The first-order valence-electron chi connectivity index (χ1n) is 10.3. The topological polar surface area (TPSA) is 54.0 Å². The van der Waals surface area contributed by atoms with Crippen LogP contribution in [0.3, 0.4) is 0 Å². The van der Waals surface area contributed by atoms with E-state index in [-0.39, 0.29) is 56.3 Å². The molecule has 0 saturated carbocycles. The third kappa shape index (κ3) is 6.99. The molecule has 0 fully saturated rings. The molecule has 0 bridgehead atoms. The van der Waals surface area contributed by atoms with Crippen LogP contribution in [0.15, 0.2) is 36.9 Å². The summed E-state index contributed by atoms with van der Waals surface area (Å²) in [5.41, 5.74) is 5.19. The Labute approximate surface area is 219 Å². The van der Waals surface area contributed by atoms with Gasteiger partial charge < -0.3 is 14.0 Å². The van der Waals surface area contributed by atoms with E-state index in [0.29, 0.717) is 11.5 Å². The van der Waals surface area contributed by atoms with Gasteiger partial charge in [-0.15, -0.1) is 0 Å². The van der Waals surface area contributed by atoms with E-state index in [2.05, 4.69) is 38.6 Å². The van der Waals surface area contributed by atoms with Gasteiger partial charge in [0.15, 0.2) is 0 Å². The fraction of sp³-hybridized carbons (Fsp3) is 0.375. The van der Waals surface area contributed by atoms with Crippen molar-refractivity contribution in [2.45, 2.75) is 59.7 Å². The molecule has 1 heterocycles. The van der Waals surface area contributed by atoms with Crippen LogP contribution in [0.1, 0.15) is 56.7 Å². The van der Waals surface area contributed by atoms with Gasteiger partial charge in [-0.25, -0.2) is 0 Å². The molecule has 0 N–H and O–H groups in total. The van der Waals surface area contributed by atoms with Gasteiger partial charge in [0.25, 0.3) is 0 Å². The van der Waals surface area contributed by atoms with Gasteiger partial charge in [0, 0.05) is 59.3 Å². The number of rotatable bonds is 9. The molecule has 163 valence electrons. The number of benzene rings is 2. The third-order valence-corrected chi connectivity index (χ3v) is 5.60. The third-order valence-electron chi connectivity index (χ3n) is 4.87. The zero-order chi connectivity index (χ0) is 21.7. The van der Waals surface area contributed by atoms with E-state index in [0.717, 1.165) is 52.8 Å². The molecule has 1 aliphatic rings.